The van der Waals surface area contributed by atoms with Crippen molar-refractivity contribution in [1.82, 2.24) is 4.90 Å². The Morgan fingerprint density at radius 2 is 2.17 bits per heavy atom. The fourth-order valence-electron chi connectivity index (χ4n) is 2.17. The summed E-state index contributed by atoms with van der Waals surface area (Å²) >= 11 is 1.58. The van der Waals surface area contributed by atoms with Crippen molar-refractivity contribution in [2.75, 3.05) is 24.6 Å². The third-order valence-electron chi connectivity index (χ3n) is 3.09. The number of hydrogen-bond acceptors (Lipinski definition) is 4. The van der Waals surface area contributed by atoms with Gasteiger partial charge in [0.2, 0.25) is 5.91 Å². The highest BCUT2D eigenvalue weighted by atomic mass is 32.2. The molecule has 6 heteroatoms. The molecular weight excluding hydrogens is 252 g/mol. The van der Waals surface area contributed by atoms with Crippen LogP contribution in [0.5, 0.6) is 0 Å². The van der Waals surface area contributed by atoms with E-state index in [2.05, 4.69) is 0 Å². The molecule has 1 amide bonds. The average molecular weight is 274 g/mol. The number of nitrogens with two attached hydrogens (primary N) is 1. The Bertz CT molecular complexity index is 310. The molecule has 3 N–H and O–H groups in total. The Morgan fingerprint density at radius 1 is 1.50 bits per heavy atom. The lowest BCUT2D eigenvalue weighted by atomic mass is 9.95. The molecule has 0 radical (unpaired) electrons. The van der Waals surface area contributed by atoms with Gasteiger partial charge in [0.25, 0.3) is 0 Å². The summed E-state index contributed by atoms with van der Waals surface area (Å²) in [6.07, 6.45) is 0.714. The molecule has 2 atom stereocenters. The minimum Gasteiger partial charge on any atom is -0.480 e. The number of nitrogens with zero attached hydrogens (tertiary/aromatic N) is 1. The van der Waals surface area contributed by atoms with Gasteiger partial charge in [-0.3, -0.25) is 4.79 Å². The summed E-state index contributed by atoms with van der Waals surface area (Å²) in [6.45, 7) is 4.87. The highest BCUT2D eigenvalue weighted by Gasteiger charge is 2.35. The zero-order valence-electron chi connectivity index (χ0n) is 11.0. The lowest BCUT2D eigenvalue weighted by Crippen LogP contribution is -2.53. The van der Waals surface area contributed by atoms with Crippen molar-refractivity contribution in [2.45, 2.75) is 26.3 Å². The van der Waals surface area contributed by atoms with Crippen molar-refractivity contribution in [3.05, 3.63) is 0 Å². The molecule has 1 rings (SSSR count). The predicted octanol–water partition coefficient (Wildman–Crippen LogP) is 0.636. The van der Waals surface area contributed by atoms with Crippen LogP contribution in [-0.2, 0) is 9.59 Å². The normalized spacial score (nSPS) is 22.0. The van der Waals surface area contributed by atoms with Gasteiger partial charge in [0.1, 0.15) is 6.04 Å². The maximum Gasteiger partial charge on any atom is 0.327 e. The predicted molar refractivity (Wildman–Crippen MR) is 72.5 cm³/mol. The van der Waals surface area contributed by atoms with Gasteiger partial charge in [-0.15, -0.1) is 0 Å². The van der Waals surface area contributed by atoms with Gasteiger partial charge in [0.15, 0.2) is 0 Å². The number of amides is 1. The molecule has 1 saturated heterocycles. The van der Waals surface area contributed by atoms with Crippen LogP contribution in [0.1, 0.15) is 20.3 Å². The van der Waals surface area contributed by atoms with Gasteiger partial charge >= 0.3 is 5.97 Å². The molecular formula is C12H22N2O3S. The summed E-state index contributed by atoms with van der Waals surface area (Å²) in [7, 11) is 0. The van der Waals surface area contributed by atoms with Crippen LogP contribution in [0.4, 0.5) is 0 Å². The number of thioether (sulfide) groups is 1. The highest BCUT2D eigenvalue weighted by Crippen LogP contribution is 2.21. The molecule has 0 bridgehead atoms. The minimum atomic E-state index is -0.920. The molecule has 18 heavy (non-hydrogen) atoms. The van der Waals surface area contributed by atoms with Crippen molar-refractivity contribution in [1.29, 1.82) is 0 Å². The molecule has 2 unspecified atom stereocenters. The quantitative estimate of drug-likeness (QED) is 0.768. The first-order chi connectivity index (χ1) is 8.47. The first kappa shape index (κ1) is 15.3. The van der Waals surface area contributed by atoms with Gasteiger partial charge in [0, 0.05) is 24.6 Å². The second-order valence-corrected chi connectivity index (χ2v) is 6.17. The number of carboxylic acid groups (broad SMARTS) is 1. The fraction of sp³-hybridized carbons (Fsp3) is 0.833. The second kappa shape index (κ2) is 6.99. The van der Waals surface area contributed by atoms with Crippen LogP contribution in [0.3, 0.4) is 0 Å². The van der Waals surface area contributed by atoms with Gasteiger partial charge in [-0.2, -0.15) is 11.8 Å². The Kier molecular flexibility index (Phi) is 5.95. The Morgan fingerprint density at radius 3 is 2.67 bits per heavy atom. The van der Waals surface area contributed by atoms with Crippen molar-refractivity contribution < 1.29 is 14.7 Å². The second-order valence-electron chi connectivity index (χ2n) is 5.02. The lowest BCUT2D eigenvalue weighted by molar-refractivity contribution is -0.151. The summed E-state index contributed by atoms with van der Waals surface area (Å²) in [6, 6.07) is -0.697. The van der Waals surface area contributed by atoms with Crippen LogP contribution >= 0.6 is 11.8 Å². The Labute approximate surface area is 112 Å². The standard InChI is InChI=1S/C12H22N2O3S/c1-8(2)5-9(6-13)11(15)14-3-4-18-7-10(14)12(16)17/h8-10H,3-7,13H2,1-2H3,(H,16,17). The van der Waals surface area contributed by atoms with Gasteiger partial charge in [-0.25, -0.2) is 4.79 Å². The van der Waals surface area contributed by atoms with Crippen molar-refractivity contribution in [3.8, 4) is 0 Å². The van der Waals surface area contributed by atoms with Crippen LogP contribution < -0.4 is 5.73 Å². The highest BCUT2D eigenvalue weighted by molar-refractivity contribution is 7.99. The molecule has 1 fully saturated rings. The number of hydrogen-bond donors (Lipinski definition) is 2. The van der Waals surface area contributed by atoms with E-state index in [0.717, 1.165) is 5.75 Å². The molecule has 0 aliphatic carbocycles. The number of carbonyl (C=O) groups is 2. The minimum absolute atomic E-state index is 0.0982. The van der Waals surface area contributed by atoms with E-state index in [1.807, 2.05) is 13.8 Å². The zero-order chi connectivity index (χ0) is 13.7. The summed E-state index contributed by atoms with van der Waals surface area (Å²) in [5.41, 5.74) is 5.65. The summed E-state index contributed by atoms with van der Waals surface area (Å²) < 4.78 is 0. The van der Waals surface area contributed by atoms with E-state index in [1.165, 1.54) is 4.90 Å². The van der Waals surface area contributed by atoms with E-state index in [9.17, 15) is 9.59 Å². The van der Waals surface area contributed by atoms with Crippen LogP contribution in [0, 0.1) is 11.8 Å². The third-order valence-corrected chi connectivity index (χ3v) is 4.11. The molecule has 0 saturated carbocycles. The molecule has 0 spiro atoms. The van der Waals surface area contributed by atoms with E-state index in [-0.39, 0.29) is 18.4 Å². The first-order valence-electron chi connectivity index (χ1n) is 6.28. The number of rotatable bonds is 5. The third kappa shape index (κ3) is 3.88. The van der Waals surface area contributed by atoms with Crippen LogP contribution in [0.15, 0.2) is 0 Å². The smallest absolute Gasteiger partial charge is 0.327 e. The number of carbonyl (C=O) groups excluding carboxylic acids is 1. The van der Waals surface area contributed by atoms with Crippen molar-refractivity contribution in [3.63, 3.8) is 0 Å². The number of carboxylic acids is 1. The Balaban J connectivity index is 2.75. The molecule has 1 aliphatic rings. The lowest BCUT2D eigenvalue weighted by Gasteiger charge is -2.35. The molecule has 0 aromatic carbocycles. The molecule has 0 aromatic heterocycles. The maximum atomic E-state index is 12.4. The van der Waals surface area contributed by atoms with Crippen LogP contribution in [-0.4, -0.2) is 52.5 Å². The summed E-state index contributed by atoms with van der Waals surface area (Å²) in [4.78, 5) is 25.0. The van der Waals surface area contributed by atoms with Gasteiger partial charge in [-0.1, -0.05) is 13.8 Å². The maximum absolute atomic E-state index is 12.4. The van der Waals surface area contributed by atoms with Crippen molar-refractivity contribution in [2.24, 2.45) is 17.6 Å². The molecule has 0 aromatic rings. The molecule has 1 heterocycles. The topological polar surface area (TPSA) is 83.6 Å². The van der Waals surface area contributed by atoms with Gasteiger partial charge < -0.3 is 15.7 Å². The fourth-order valence-corrected chi connectivity index (χ4v) is 3.21. The summed E-state index contributed by atoms with van der Waals surface area (Å²) in [5.74, 6) is 0.379. The zero-order valence-corrected chi connectivity index (χ0v) is 11.8. The average Bonchev–Trinajstić information content (AvgIpc) is 2.34. The van der Waals surface area contributed by atoms with Gasteiger partial charge in [-0.05, 0) is 12.3 Å². The van der Waals surface area contributed by atoms with Crippen molar-refractivity contribution >= 4 is 23.6 Å². The van der Waals surface area contributed by atoms with E-state index < -0.39 is 12.0 Å². The van der Waals surface area contributed by atoms with E-state index in [1.54, 1.807) is 11.8 Å². The van der Waals surface area contributed by atoms with Gasteiger partial charge in [0.05, 0.1) is 5.92 Å². The monoisotopic (exact) mass is 274 g/mol. The molecule has 104 valence electrons. The van der Waals surface area contributed by atoms with Crippen LogP contribution in [0.25, 0.3) is 0 Å². The van der Waals surface area contributed by atoms with Crippen LogP contribution in [0.2, 0.25) is 0 Å². The molecule has 1 aliphatic heterocycles. The van der Waals surface area contributed by atoms with E-state index in [4.69, 9.17) is 10.8 Å². The van der Waals surface area contributed by atoms with E-state index in [0.29, 0.717) is 24.6 Å². The molecule has 5 nitrogen and oxygen atoms in total. The number of aliphatic carboxylic acids is 1. The van der Waals surface area contributed by atoms with E-state index >= 15 is 0 Å². The first-order valence-corrected chi connectivity index (χ1v) is 7.44. The Hall–Kier alpha value is -0.750. The summed E-state index contributed by atoms with van der Waals surface area (Å²) in [5, 5.41) is 9.16. The SMILES string of the molecule is CC(C)CC(CN)C(=O)N1CCSCC1C(=O)O. The largest absolute Gasteiger partial charge is 0.480 e.